The van der Waals surface area contributed by atoms with E-state index in [1.807, 2.05) is 31.3 Å². The van der Waals surface area contributed by atoms with Crippen molar-refractivity contribution in [2.24, 2.45) is 0 Å². The summed E-state index contributed by atoms with van der Waals surface area (Å²) in [6.45, 7) is 2.78. The van der Waals surface area contributed by atoms with Gasteiger partial charge in [-0.2, -0.15) is 10.2 Å². The number of rotatable bonds is 2. The number of nitrogens with zero attached hydrogens (tertiary/aromatic N) is 3. The van der Waals surface area contributed by atoms with Crippen LogP contribution in [0, 0.1) is 0 Å². The molecule has 0 saturated carbocycles. The molecule has 28 heavy (non-hydrogen) atoms. The normalized spacial score (nSPS) is 17.3. The minimum absolute atomic E-state index is 0.280. The zero-order valence-corrected chi connectivity index (χ0v) is 15.3. The van der Waals surface area contributed by atoms with E-state index >= 15 is 0 Å². The van der Waals surface area contributed by atoms with E-state index in [2.05, 4.69) is 33.3 Å². The average Bonchev–Trinajstić information content (AvgIpc) is 3.44. The fraction of sp³-hybridized carbons (Fsp3) is 0.182. The molecule has 1 unspecified atom stereocenters. The van der Waals surface area contributed by atoms with Crippen molar-refractivity contribution in [3.05, 3.63) is 60.7 Å². The lowest BCUT2D eigenvalue weighted by Crippen LogP contribution is -2.14. The lowest BCUT2D eigenvalue weighted by atomic mass is 10.0. The van der Waals surface area contributed by atoms with E-state index in [1.54, 1.807) is 12.5 Å². The maximum Gasteiger partial charge on any atom is 0.238 e. The Kier molecular flexibility index (Phi) is 3.17. The molecular weight excluding hydrogens is 354 g/mol. The summed E-state index contributed by atoms with van der Waals surface area (Å²) < 4.78 is 16.7. The fourth-order valence-electron chi connectivity index (χ4n) is 4.09. The van der Waals surface area contributed by atoms with Crippen LogP contribution >= 0.6 is 0 Å². The van der Waals surface area contributed by atoms with Crippen LogP contribution in [0.15, 0.2) is 59.5 Å². The monoisotopic (exact) mass is 371 g/mol. The summed E-state index contributed by atoms with van der Waals surface area (Å²) in [6, 6.07) is 12.5. The maximum atomic E-state index is 5.76. The molecule has 0 saturated heterocycles. The maximum absolute atomic E-state index is 5.76. The van der Waals surface area contributed by atoms with E-state index in [0.717, 1.165) is 46.6 Å². The van der Waals surface area contributed by atoms with Gasteiger partial charge in [0.25, 0.3) is 0 Å². The number of hydrogen-bond donors (Lipinski definition) is 0. The topological polar surface area (TPSA) is 60.6 Å². The standard InChI is InChI=1S/C22H17N3O3/c1-13-27-21-9-17-18(10-22(21)28-13)24-23-11-20(17)25-6-4-15-8-14(2-3-19(15)25)16-5-7-26-12-16/h2-3,5,7-13H,4,6H2,1H3. The van der Waals surface area contributed by atoms with Crippen molar-refractivity contribution < 1.29 is 13.9 Å². The highest BCUT2D eigenvalue weighted by Crippen LogP contribution is 2.43. The average molecular weight is 371 g/mol. The highest BCUT2D eigenvalue weighted by molar-refractivity contribution is 5.96. The van der Waals surface area contributed by atoms with Gasteiger partial charge in [-0.15, -0.1) is 0 Å². The van der Waals surface area contributed by atoms with Crippen molar-refractivity contribution in [2.75, 3.05) is 11.4 Å². The minimum Gasteiger partial charge on any atom is -0.472 e. The van der Waals surface area contributed by atoms with E-state index in [0.29, 0.717) is 0 Å². The van der Waals surface area contributed by atoms with E-state index in [4.69, 9.17) is 13.9 Å². The Morgan fingerprint density at radius 3 is 2.75 bits per heavy atom. The minimum atomic E-state index is -0.280. The highest BCUT2D eigenvalue weighted by atomic mass is 16.7. The van der Waals surface area contributed by atoms with Crippen molar-refractivity contribution in [3.8, 4) is 22.6 Å². The van der Waals surface area contributed by atoms with Crippen LogP contribution in [0.4, 0.5) is 11.4 Å². The van der Waals surface area contributed by atoms with Gasteiger partial charge in [0.1, 0.15) is 0 Å². The lowest BCUT2D eigenvalue weighted by Gasteiger charge is -2.21. The molecule has 4 heterocycles. The van der Waals surface area contributed by atoms with E-state index < -0.39 is 0 Å². The molecule has 0 radical (unpaired) electrons. The van der Waals surface area contributed by atoms with Crippen molar-refractivity contribution in [2.45, 2.75) is 19.6 Å². The third kappa shape index (κ3) is 2.27. The van der Waals surface area contributed by atoms with Gasteiger partial charge in [-0.25, -0.2) is 0 Å². The van der Waals surface area contributed by atoms with E-state index in [-0.39, 0.29) is 6.29 Å². The van der Waals surface area contributed by atoms with Gasteiger partial charge in [0.05, 0.1) is 29.9 Å². The number of anilines is 2. The number of benzene rings is 2. The van der Waals surface area contributed by atoms with E-state index in [9.17, 15) is 0 Å². The van der Waals surface area contributed by atoms with Crippen molar-refractivity contribution in [1.82, 2.24) is 10.2 Å². The molecule has 2 aromatic carbocycles. The summed E-state index contributed by atoms with van der Waals surface area (Å²) in [5.74, 6) is 1.47. The molecule has 0 aliphatic carbocycles. The van der Waals surface area contributed by atoms with Crippen LogP contribution in [0.1, 0.15) is 12.5 Å². The Hall–Kier alpha value is -3.54. The summed E-state index contributed by atoms with van der Waals surface area (Å²) in [4.78, 5) is 2.30. The van der Waals surface area contributed by atoms with Gasteiger partial charge in [-0.1, -0.05) is 6.07 Å². The molecule has 0 N–H and O–H groups in total. The van der Waals surface area contributed by atoms with Crippen LogP contribution in [0.3, 0.4) is 0 Å². The van der Waals surface area contributed by atoms with Crippen molar-refractivity contribution in [3.63, 3.8) is 0 Å². The predicted octanol–water partition coefficient (Wildman–Crippen LogP) is 4.70. The molecule has 0 amide bonds. The summed E-state index contributed by atoms with van der Waals surface area (Å²) >= 11 is 0. The summed E-state index contributed by atoms with van der Waals surface area (Å²) in [5.41, 5.74) is 6.62. The number of aromatic nitrogens is 2. The van der Waals surface area contributed by atoms with E-state index in [1.165, 1.54) is 16.8 Å². The third-order valence-corrected chi connectivity index (χ3v) is 5.39. The van der Waals surface area contributed by atoms with Crippen LogP contribution < -0.4 is 14.4 Å². The van der Waals surface area contributed by atoms with Crippen LogP contribution in [0.25, 0.3) is 22.0 Å². The Labute approximate surface area is 161 Å². The zero-order chi connectivity index (χ0) is 18.7. The van der Waals surface area contributed by atoms with Crippen LogP contribution in [0.5, 0.6) is 11.5 Å². The first-order valence-corrected chi connectivity index (χ1v) is 9.32. The SMILES string of the molecule is CC1Oc2cc3nncc(N4CCc5cc(-c6ccoc6)ccc54)c3cc2O1. The zero-order valence-electron chi connectivity index (χ0n) is 15.3. The van der Waals surface area contributed by atoms with Gasteiger partial charge in [0, 0.05) is 36.2 Å². The van der Waals surface area contributed by atoms with Gasteiger partial charge in [0.2, 0.25) is 6.29 Å². The van der Waals surface area contributed by atoms with Gasteiger partial charge >= 0.3 is 0 Å². The Bertz CT molecular complexity index is 1200. The molecule has 6 nitrogen and oxygen atoms in total. The molecule has 6 heteroatoms. The number of furan rings is 1. The van der Waals surface area contributed by atoms with Crippen LogP contribution in [-0.4, -0.2) is 23.0 Å². The fourth-order valence-corrected chi connectivity index (χ4v) is 4.09. The molecule has 0 spiro atoms. The summed E-state index contributed by atoms with van der Waals surface area (Å²) in [5, 5.41) is 9.54. The van der Waals surface area contributed by atoms with Crippen molar-refractivity contribution >= 4 is 22.3 Å². The second kappa shape index (κ2) is 5.73. The highest BCUT2D eigenvalue weighted by Gasteiger charge is 2.26. The molecule has 2 aromatic heterocycles. The largest absolute Gasteiger partial charge is 0.472 e. The predicted molar refractivity (Wildman–Crippen MR) is 105 cm³/mol. The van der Waals surface area contributed by atoms with Gasteiger partial charge < -0.3 is 18.8 Å². The third-order valence-electron chi connectivity index (χ3n) is 5.39. The first-order chi connectivity index (χ1) is 13.8. The quantitative estimate of drug-likeness (QED) is 0.509. The Morgan fingerprint density at radius 1 is 1.00 bits per heavy atom. The Balaban J connectivity index is 1.45. The van der Waals surface area contributed by atoms with Crippen molar-refractivity contribution in [1.29, 1.82) is 0 Å². The van der Waals surface area contributed by atoms with Crippen LogP contribution in [-0.2, 0) is 6.42 Å². The number of fused-ring (bicyclic) bond motifs is 3. The first kappa shape index (κ1) is 15.5. The molecule has 0 fully saturated rings. The summed E-state index contributed by atoms with van der Waals surface area (Å²) in [7, 11) is 0. The molecule has 4 aromatic rings. The molecule has 1 atom stereocenters. The molecule has 0 bridgehead atoms. The number of hydrogen-bond acceptors (Lipinski definition) is 6. The van der Waals surface area contributed by atoms with Gasteiger partial charge in [0.15, 0.2) is 11.5 Å². The second-order valence-corrected chi connectivity index (χ2v) is 7.11. The van der Waals surface area contributed by atoms with Crippen LogP contribution in [0.2, 0.25) is 0 Å². The first-order valence-electron chi connectivity index (χ1n) is 9.32. The molecule has 6 rings (SSSR count). The molecule has 2 aliphatic rings. The smallest absolute Gasteiger partial charge is 0.238 e. The second-order valence-electron chi connectivity index (χ2n) is 7.11. The molecular formula is C22H17N3O3. The van der Waals surface area contributed by atoms with Gasteiger partial charge in [-0.3, -0.25) is 0 Å². The number of ether oxygens (including phenoxy) is 2. The summed E-state index contributed by atoms with van der Waals surface area (Å²) in [6.07, 6.45) is 6.00. The molecule has 2 aliphatic heterocycles. The molecule has 138 valence electrons. The Morgan fingerprint density at radius 2 is 1.89 bits per heavy atom. The van der Waals surface area contributed by atoms with Gasteiger partial charge in [-0.05, 0) is 41.8 Å². The lowest BCUT2D eigenvalue weighted by molar-refractivity contribution is 0.0679.